The normalized spacial score (nSPS) is 14.7. The van der Waals surface area contributed by atoms with Crippen LogP contribution in [0.2, 0.25) is 0 Å². The molecule has 0 saturated heterocycles. The summed E-state index contributed by atoms with van der Waals surface area (Å²) in [6.07, 6.45) is 1.52. The zero-order valence-corrected chi connectivity index (χ0v) is 15.6. The number of hydrogen-bond donors (Lipinski definition) is 1. The van der Waals surface area contributed by atoms with Gasteiger partial charge in [0.15, 0.2) is 0 Å². The fraction of sp³-hybridized carbons (Fsp3) is 0.471. The van der Waals surface area contributed by atoms with Gasteiger partial charge in [-0.05, 0) is 30.5 Å². The SMILES string of the molecule is CON(Cc1ccc(F)cc1)C(=O)CC(=O)C(=O)NS(=O)(=O)C1CCCC1. The molecule has 0 bridgehead atoms. The topological polar surface area (TPSA) is 110 Å². The molecule has 2 rings (SSSR count). The maximum absolute atomic E-state index is 12.9. The Hall–Kier alpha value is -2.33. The van der Waals surface area contributed by atoms with E-state index < -0.39 is 45.1 Å². The second-order valence-electron chi connectivity index (χ2n) is 6.22. The number of halogens is 1. The second-order valence-corrected chi connectivity index (χ2v) is 8.18. The molecule has 8 nitrogen and oxygen atoms in total. The Balaban J connectivity index is 1.93. The maximum Gasteiger partial charge on any atom is 0.301 e. The molecular weight excluding hydrogens is 379 g/mol. The highest BCUT2D eigenvalue weighted by molar-refractivity contribution is 7.90. The first kappa shape index (κ1) is 21.0. The predicted octanol–water partition coefficient (Wildman–Crippen LogP) is 1.06. The summed E-state index contributed by atoms with van der Waals surface area (Å²) in [7, 11) is -2.73. The largest absolute Gasteiger partial charge is 0.301 e. The van der Waals surface area contributed by atoms with Gasteiger partial charge in [-0.3, -0.25) is 19.2 Å². The predicted molar refractivity (Wildman–Crippen MR) is 92.9 cm³/mol. The number of amides is 2. The number of ketones is 1. The molecule has 1 aliphatic rings. The van der Waals surface area contributed by atoms with E-state index in [1.165, 1.54) is 31.4 Å². The van der Waals surface area contributed by atoms with Gasteiger partial charge in [-0.1, -0.05) is 25.0 Å². The number of benzene rings is 1. The summed E-state index contributed by atoms with van der Waals surface area (Å²) in [5, 5.41) is 0.142. The molecule has 10 heteroatoms. The van der Waals surface area contributed by atoms with Crippen molar-refractivity contribution in [1.82, 2.24) is 9.79 Å². The van der Waals surface area contributed by atoms with Gasteiger partial charge in [0, 0.05) is 0 Å². The first-order chi connectivity index (χ1) is 12.7. The average Bonchev–Trinajstić information content (AvgIpc) is 3.16. The Kier molecular flexibility index (Phi) is 7.03. The molecule has 0 aliphatic heterocycles. The molecular formula is C17H21FN2O6S. The molecule has 27 heavy (non-hydrogen) atoms. The Morgan fingerprint density at radius 3 is 2.33 bits per heavy atom. The van der Waals surface area contributed by atoms with Crippen LogP contribution < -0.4 is 4.72 Å². The van der Waals surface area contributed by atoms with Gasteiger partial charge in [0.1, 0.15) is 5.82 Å². The van der Waals surface area contributed by atoms with E-state index in [9.17, 15) is 27.2 Å². The minimum Gasteiger partial charge on any atom is -0.288 e. The Morgan fingerprint density at radius 2 is 1.78 bits per heavy atom. The van der Waals surface area contributed by atoms with Crippen LogP contribution in [-0.4, -0.2) is 43.4 Å². The van der Waals surface area contributed by atoms with Crippen LogP contribution in [0.4, 0.5) is 4.39 Å². The van der Waals surface area contributed by atoms with Crippen molar-refractivity contribution < 1.29 is 32.0 Å². The summed E-state index contributed by atoms with van der Waals surface area (Å²) in [6, 6.07) is 5.30. The number of carbonyl (C=O) groups is 3. The Labute approximate surface area is 156 Å². The molecule has 0 aromatic heterocycles. The van der Waals surface area contributed by atoms with Crippen molar-refractivity contribution in [2.24, 2.45) is 0 Å². The van der Waals surface area contributed by atoms with E-state index in [0.29, 0.717) is 18.4 Å². The van der Waals surface area contributed by atoms with Gasteiger partial charge in [-0.15, -0.1) is 0 Å². The number of carbonyl (C=O) groups excluding carboxylic acids is 3. The third-order valence-electron chi connectivity index (χ3n) is 4.28. The highest BCUT2D eigenvalue weighted by Gasteiger charge is 2.32. The van der Waals surface area contributed by atoms with Gasteiger partial charge in [0.25, 0.3) is 5.91 Å². The van der Waals surface area contributed by atoms with Crippen molar-refractivity contribution in [2.45, 2.75) is 43.9 Å². The smallest absolute Gasteiger partial charge is 0.288 e. The average molecular weight is 400 g/mol. The van der Waals surface area contributed by atoms with E-state index in [1.807, 2.05) is 0 Å². The minimum atomic E-state index is -3.93. The Bertz CT molecular complexity index is 803. The number of hydrogen-bond acceptors (Lipinski definition) is 6. The highest BCUT2D eigenvalue weighted by Crippen LogP contribution is 2.23. The van der Waals surface area contributed by atoms with Crippen LogP contribution >= 0.6 is 0 Å². The number of nitrogens with one attached hydrogen (secondary N) is 1. The van der Waals surface area contributed by atoms with Crippen LogP contribution in [0.1, 0.15) is 37.7 Å². The summed E-state index contributed by atoms with van der Waals surface area (Å²) in [5.74, 6) is -3.78. The van der Waals surface area contributed by atoms with Crippen molar-refractivity contribution in [3.8, 4) is 0 Å². The molecule has 148 valence electrons. The van der Waals surface area contributed by atoms with Gasteiger partial charge in [-0.25, -0.2) is 22.6 Å². The van der Waals surface area contributed by atoms with Crippen LogP contribution in [0, 0.1) is 5.82 Å². The molecule has 1 N–H and O–H groups in total. The van der Waals surface area contributed by atoms with E-state index in [0.717, 1.165) is 17.9 Å². The molecule has 0 spiro atoms. The molecule has 0 unspecified atom stereocenters. The van der Waals surface area contributed by atoms with Crippen LogP contribution in [0.3, 0.4) is 0 Å². The maximum atomic E-state index is 12.9. The lowest BCUT2D eigenvalue weighted by atomic mass is 10.2. The summed E-state index contributed by atoms with van der Waals surface area (Å²) in [6.45, 7) is -0.0646. The van der Waals surface area contributed by atoms with Gasteiger partial charge in [0.2, 0.25) is 15.8 Å². The van der Waals surface area contributed by atoms with Crippen LogP contribution in [0.25, 0.3) is 0 Å². The van der Waals surface area contributed by atoms with Crippen molar-refractivity contribution in [1.29, 1.82) is 0 Å². The first-order valence-corrected chi connectivity index (χ1v) is 9.95. The number of Topliss-reactive ketones (excluding diaryl/α,β-unsaturated/α-hetero) is 1. The number of hydroxylamine groups is 2. The zero-order chi connectivity index (χ0) is 20.0. The molecule has 0 radical (unpaired) electrons. The fourth-order valence-electron chi connectivity index (χ4n) is 2.78. The zero-order valence-electron chi connectivity index (χ0n) is 14.8. The third kappa shape index (κ3) is 5.83. The third-order valence-corrected chi connectivity index (χ3v) is 6.10. The van der Waals surface area contributed by atoms with Crippen LogP contribution in [-0.2, 0) is 35.8 Å². The van der Waals surface area contributed by atoms with Crippen molar-refractivity contribution in [2.75, 3.05) is 7.11 Å². The van der Waals surface area contributed by atoms with E-state index in [4.69, 9.17) is 4.84 Å². The Morgan fingerprint density at radius 1 is 1.19 bits per heavy atom. The van der Waals surface area contributed by atoms with Crippen molar-refractivity contribution in [3.63, 3.8) is 0 Å². The quantitative estimate of drug-likeness (QED) is 0.397. The summed E-state index contributed by atoms with van der Waals surface area (Å²) >= 11 is 0. The molecule has 1 aromatic carbocycles. The number of rotatable bonds is 8. The summed E-state index contributed by atoms with van der Waals surface area (Å²) < 4.78 is 38.8. The fourth-order valence-corrected chi connectivity index (χ4v) is 4.28. The van der Waals surface area contributed by atoms with Gasteiger partial charge >= 0.3 is 5.91 Å². The van der Waals surface area contributed by atoms with E-state index in [2.05, 4.69) is 0 Å². The molecule has 1 aromatic rings. The van der Waals surface area contributed by atoms with Crippen LogP contribution in [0.5, 0.6) is 0 Å². The molecule has 1 saturated carbocycles. The second kappa shape index (κ2) is 9.05. The molecule has 1 fully saturated rings. The van der Waals surface area contributed by atoms with Crippen molar-refractivity contribution in [3.05, 3.63) is 35.6 Å². The van der Waals surface area contributed by atoms with E-state index in [1.54, 1.807) is 4.72 Å². The molecule has 0 atom stereocenters. The molecule has 2 amide bonds. The minimum absolute atomic E-state index is 0.0646. The van der Waals surface area contributed by atoms with E-state index >= 15 is 0 Å². The highest BCUT2D eigenvalue weighted by atomic mass is 32.2. The summed E-state index contributed by atoms with van der Waals surface area (Å²) in [5.41, 5.74) is 0.548. The molecule has 0 heterocycles. The lowest BCUT2D eigenvalue weighted by molar-refractivity contribution is -0.180. The first-order valence-electron chi connectivity index (χ1n) is 8.40. The van der Waals surface area contributed by atoms with Gasteiger partial charge < -0.3 is 0 Å². The lowest BCUT2D eigenvalue weighted by Gasteiger charge is -2.19. The lowest BCUT2D eigenvalue weighted by Crippen LogP contribution is -2.42. The van der Waals surface area contributed by atoms with E-state index in [-0.39, 0.29) is 6.54 Å². The monoisotopic (exact) mass is 400 g/mol. The number of sulfonamides is 1. The van der Waals surface area contributed by atoms with Crippen LogP contribution in [0.15, 0.2) is 24.3 Å². The number of nitrogens with zero attached hydrogens (tertiary/aromatic N) is 1. The summed E-state index contributed by atoms with van der Waals surface area (Å²) in [4.78, 5) is 40.9. The van der Waals surface area contributed by atoms with Gasteiger partial charge in [0.05, 0.1) is 25.3 Å². The molecule has 1 aliphatic carbocycles. The standard InChI is InChI=1S/C17H21FN2O6S/c1-26-20(11-12-6-8-13(18)9-7-12)16(22)10-15(21)17(23)19-27(24,25)14-4-2-3-5-14/h6-9,14H,2-5,10-11H2,1H3,(H,19,23). The van der Waals surface area contributed by atoms with Gasteiger partial charge in [-0.2, -0.15) is 0 Å². The van der Waals surface area contributed by atoms with Crippen molar-refractivity contribution >= 4 is 27.6 Å².